The third kappa shape index (κ3) is 5.45. The average molecular weight is 366 g/mol. The van der Waals surface area contributed by atoms with Crippen molar-refractivity contribution >= 4 is 29.3 Å². The minimum atomic E-state index is -0.358. The number of morpholine rings is 1. The van der Waals surface area contributed by atoms with Gasteiger partial charge in [0, 0.05) is 36.5 Å². The third-order valence-electron chi connectivity index (χ3n) is 4.11. The molecule has 0 radical (unpaired) electrons. The summed E-state index contributed by atoms with van der Waals surface area (Å²) in [6.45, 7) is 4.52. The number of amides is 2. The molecular formula is C18H26N2O4S. The number of nitrogens with one attached hydrogen (secondary N) is 1. The van der Waals surface area contributed by atoms with E-state index in [4.69, 9.17) is 4.74 Å². The molecule has 1 aromatic rings. The second-order valence-corrected chi connectivity index (χ2v) is 7.27. The summed E-state index contributed by atoms with van der Waals surface area (Å²) in [7, 11) is 0. The minimum absolute atomic E-state index is 0.0533. The molecule has 6 nitrogen and oxygen atoms in total. The summed E-state index contributed by atoms with van der Waals surface area (Å²) in [5, 5.41) is 12.2. The molecule has 0 saturated carbocycles. The molecule has 1 aliphatic rings. The summed E-state index contributed by atoms with van der Waals surface area (Å²) in [4.78, 5) is 26.5. The molecule has 2 rings (SSSR count). The predicted octanol–water partition coefficient (Wildman–Crippen LogP) is 1.91. The molecule has 7 heteroatoms. The van der Waals surface area contributed by atoms with Crippen LogP contribution in [0.4, 0.5) is 5.69 Å². The van der Waals surface area contributed by atoms with E-state index in [1.807, 2.05) is 26.2 Å². The number of aliphatic hydroxyl groups is 1. The first-order valence-electron chi connectivity index (χ1n) is 8.39. The van der Waals surface area contributed by atoms with E-state index in [1.165, 1.54) is 0 Å². The largest absolute Gasteiger partial charge is 0.394 e. The van der Waals surface area contributed by atoms with Gasteiger partial charge in [0.05, 0.1) is 18.8 Å². The number of thioether (sulfide) groups is 1. The van der Waals surface area contributed by atoms with E-state index in [9.17, 15) is 14.7 Å². The summed E-state index contributed by atoms with van der Waals surface area (Å²) in [5.74, 6) is 0.591. The zero-order valence-corrected chi connectivity index (χ0v) is 15.8. The number of aryl methyl sites for hydroxylation is 1. The van der Waals surface area contributed by atoms with E-state index >= 15 is 0 Å². The first-order chi connectivity index (χ1) is 11.9. The first kappa shape index (κ1) is 19.8. The molecule has 1 aliphatic heterocycles. The number of carbonyl (C=O) groups is 2. The van der Waals surface area contributed by atoms with Crippen LogP contribution >= 0.6 is 11.8 Å². The van der Waals surface area contributed by atoms with Crippen molar-refractivity contribution in [1.29, 1.82) is 0 Å². The fourth-order valence-corrected chi connectivity index (χ4v) is 3.18. The van der Waals surface area contributed by atoms with E-state index < -0.39 is 0 Å². The quantitative estimate of drug-likeness (QED) is 0.804. The van der Waals surface area contributed by atoms with Crippen molar-refractivity contribution < 1.29 is 19.4 Å². The topological polar surface area (TPSA) is 78.9 Å². The predicted molar refractivity (Wildman–Crippen MR) is 100 cm³/mol. The molecule has 138 valence electrons. The molecule has 1 saturated heterocycles. The Morgan fingerprint density at radius 1 is 1.40 bits per heavy atom. The summed E-state index contributed by atoms with van der Waals surface area (Å²) < 4.78 is 5.58. The average Bonchev–Trinajstić information content (AvgIpc) is 2.60. The highest BCUT2D eigenvalue weighted by Crippen LogP contribution is 2.20. The second kappa shape index (κ2) is 9.22. The van der Waals surface area contributed by atoms with Crippen molar-refractivity contribution in [3.63, 3.8) is 0 Å². The zero-order chi connectivity index (χ0) is 18.4. The van der Waals surface area contributed by atoms with Crippen LogP contribution in [0.2, 0.25) is 0 Å². The number of anilines is 1. The van der Waals surface area contributed by atoms with E-state index in [-0.39, 0.29) is 30.6 Å². The Morgan fingerprint density at radius 3 is 2.84 bits per heavy atom. The van der Waals surface area contributed by atoms with Crippen LogP contribution in [0.5, 0.6) is 0 Å². The maximum Gasteiger partial charge on any atom is 0.254 e. The number of hydrogen-bond acceptors (Lipinski definition) is 5. The lowest BCUT2D eigenvalue weighted by Gasteiger charge is -2.36. The van der Waals surface area contributed by atoms with Gasteiger partial charge in [-0.05, 0) is 37.8 Å². The number of ether oxygens (including phenoxy) is 1. The van der Waals surface area contributed by atoms with Gasteiger partial charge in [-0.15, -0.1) is 0 Å². The van der Waals surface area contributed by atoms with Gasteiger partial charge in [-0.3, -0.25) is 9.59 Å². The fraction of sp³-hybridized carbons (Fsp3) is 0.556. The molecule has 0 spiro atoms. The van der Waals surface area contributed by atoms with Crippen LogP contribution in [0.1, 0.15) is 29.3 Å². The normalized spacial score (nSPS) is 20.4. The zero-order valence-electron chi connectivity index (χ0n) is 14.9. The highest BCUT2D eigenvalue weighted by Gasteiger charge is 2.28. The van der Waals surface area contributed by atoms with Crippen LogP contribution in [0, 0.1) is 6.92 Å². The standard InChI is InChI=1S/C18H26N2O4S/c1-12-4-5-14(8-16(12)19-17(22)6-7-25-3)18(23)20-9-13(2)24-15(10-20)11-21/h4-5,8,13,15,21H,6-7,9-11H2,1-3H3,(H,19,22)/t13-,15-/m0/s1. The van der Waals surface area contributed by atoms with Crippen molar-refractivity contribution in [1.82, 2.24) is 4.90 Å². The van der Waals surface area contributed by atoms with Crippen molar-refractivity contribution in [2.75, 3.05) is 37.0 Å². The number of nitrogens with zero attached hydrogens (tertiary/aromatic N) is 1. The lowest BCUT2D eigenvalue weighted by molar-refractivity contribution is -0.115. The number of hydrogen-bond donors (Lipinski definition) is 2. The van der Waals surface area contributed by atoms with Gasteiger partial charge in [-0.25, -0.2) is 0 Å². The number of aliphatic hydroxyl groups excluding tert-OH is 1. The highest BCUT2D eigenvalue weighted by atomic mass is 32.2. The summed E-state index contributed by atoms with van der Waals surface area (Å²) in [6.07, 6.45) is 1.92. The Balaban J connectivity index is 2.12. The number of rotatable bonds is 6. The molecule has 0 aliphatic carbocycles. The molecule has 1 heterocycles. The maximum absolute atomic E-state index is 12.8. The van der Waals surface area contributed by atoms with Crippen molar-refractivity contribution in [2.45, 2.75) is 32.5 Å². The summed E-state index contributed by atoms with van der Waals surface area (Å²) in [5.41, 5.74) is 2.10. The van der Waals surface area contributed by atoms with Crippen molar-refractivity contribution in [3.05, 3.63) is 29.3 Å². The Hall–Kier alpha value is -1.57. The van der Waals surface area contributed by atoms with Gasteiger partial charge in [-0.2, -0.15) is 11.8 Å². The van der Waals surface area contributed by atoms with Crippen molar-refractivity contribution in [3.8, 4) is 0 Å². The van der Waals surface area contributed by atoms with Crippen LogP contribution in [0.15, 0.2) is 18.2 Å². The molecule has 0 unspecified atom stereocenters. The van der Waals surface area contributed by atoms with Crippen molar-refractivity contribution in [2.24, 2.45) is 0 Å². The highest BCUT2D eigenvalue weighted by molar-refractivity contribution is 7.98. The van der Waals surface area contributed by atoms with Gasteiger partial charge < -0.3 is 20.1 Å². The first-order valence-corrected chi connectivity index (χ1v) is 9.79. The van der Waals surface area contributed by atoms with Crippen LogP contribution in [-0.4, -0.2) is 65.7 Å². The van der Waals surface area contributed by atoms with Gasteiger partial charge in [0.2, 0.25) is 5.91 Å². The van der Waals surface area contributed by atoms with Crippen LogP contribution < -0.4 is 5.32 Å². The molecule has 2 amide bonds. The van der Waals surface area contributed by atoms with Gasteiger partial charge >= 0.3 is 0 Å². The molecule has 1 aromatic carbocycles. The van der Waals surface area contributed by atoms with Crippen LogP contribution in [-0.2, 0) is 9.53 Å². The van der Waals surface area contributed by atoms with Gasteiger partial charge in [0.1, 0.15) is 0 Å². The summed E-state index contributed by atoms with van der Waals surface area (Å²) in [6, 6.07) is 5.33. The van der Waals surface area contributed by atoms with Crippen LogP contribution in [0.25, 0.3) is 0 Å². The lowest BCUT2D eigenvalue weighted by atomic mass is 10.1. The van der Waals surface area contributed by atoms with Gasteiger partial charge in [0.25, 0.3) is 5.91 Å². The third-order valence-corrected chi connectivity index (χ3v) is 4.72. The Labute approximate surface area is 152 Å². The fourth-order valence-electron chi connectivity index (χ4n) is 2.79. The number of carbonyl (C=O) groups excluding carboxylic acids is 2. The molecule has 25 heavy (non-hydrogen) atoms. The van der Waals surface area contributed by atoms with E-state index in [0.29, 0.717) is 30.8 Å². The molecular weight excluding hydrogens is 340 g/mol. The molecule has 2 atom stereocenters. The molecule has 0 aromatic heterocycles. The summed E-state index contributed by atoms with van der Waals surface area (Å²) >= 11 is 1.62. The lowest BCUT2D eigenvalue weighted by Crippen LogP contribution is -2.50. The monoisotopic (exact) mass is 366 g/mol. The van der Waals surface area contributed by atoms with Gasteiger partial charge in [0.15, 0.2) is 0 Å². The Kier molecular flexibility index (Phi) is 7.28. The van der Waals surface area contributed by atoms with Gasteiger partial charge in [-0.1, -0.05) is 6.07 Å². The smallest absolute Gasteiger partial charge is 0.254 e. The SMILES string of the molecule is CSCCC(=O)Nc1cc(C(=O)N2C[C@@H](CO)O[C@@H](C)C2)ccc1C. The Morgan fingerprint density at radius 2 is 2.16 bits per heavy atom. The maximum atomic E-state index is 12.8. The molecule has 2 N–H and O–H groups in total. The minimum Gasteiger partial charge on any atom is -0.394 e. The molecule has 1 fully saturated rings. The van der Waals surface area contributed by atoms with E-state index in [0.717, 1.165) is 11.3 Å². The Bertz CT molecular complexity index is 623. The molecule has 0 bridgehead atoms. The van der Waals surface area contributed by atoms with E-state index in [1.54, 1.807) is 28.8 Å². The van der Waals surface area contributed by atoms with E-state index in [2.05, 4.69) is 5.32 Å². The number of benzene rings is 1. The second-order valence-electron chi connectivity index (χ2n) is 6.28. The van der Waals surface area contributed by atoms with Crippen LogP contribution in [0.3, 0.4) is 0 Å².